The molecule has 6 heteroatoms. The van der Waals surface area contributed by atoms with Gasteiger partial charge < -0.3 is 19.9 Å². The van der Waals surface area contributed by atoms with E-state index < -0.39 is 11.9 Å². The summed E-state index contributed by atoms with van der Waals surface area (Å²) >= 11 is 2.17. The van der Waals surface area contributed by atoms with Crippen molar-refractivity contribution in [3.8, 4) is 0 Å². The quantitative estimate of drug-likeness (QED) is 0.584. The van der Waals surface area contributed by atoms with Gasteiger partial charge in [0.25, 0.3) is 0 Å². The summed E-state index contributed by atoms with van der Waals surface area (Å²) in [5, 5.41) is 0. The molecule has 0 unspecified atom stereocenters. The minimum Gasteiger partial charge on any atom is -0.412 e. The Hall–Kier alpha value is -0.860. The summed E-state index contributed by atoms with van der Waals surface area (Å²) in [6.45, 7) is 1.99. The van der Waals surface area contributed by atoms with Crippen LogP contribution in [0.25, 0.3) is 0 Å². The van der Waals surface area contributed by atoms with Crippen LogP contribution < -0.4 is 5.73 Å². The van der Waals surface area contributed by atoms with Crippen molar-refractivity contribution < 1.29 is 19.0 Å². The number of carbonyl (C=O) groups excluding carboxylic acids is 1. The van der Waals surface area contributed by atoms with E-state index in [2.05, 4.69) is 22.6 Å². The molecule has 106 valence electrons. The number of nitrogens with two attached hydrogens (primary N) is 1. The Bertz CT molecular complexity index is 427. The summed E-state index contributed by atoms with van der Waals surface area (Å²) in [4.78, 5) is 11.2. The van der Waals surface area contributed by atoms with Gasteiger partial charge in [0.15, 0.2) is 6.79 Å². The molecule has 0 aliphatic rings. The Morgan fingerprint density at radius 3 is 2.63 bits per heavy atom. The van der Waals surface area contributed by atoms with Gasteiger partial charge in [0, 0.05) is 22.7 Å². The molecule has 1 atom stereocenters. The molecular weight excluding hydrogens is 361 g/mol. The second kappa shape index (κ2) is 7.66. The molecule has 0 aliphatic heterocycles. The molecule has 0 fully saturated rings. The highest BCUT2D eigenvalue weighted by Gasteiger charge is 2.38. The standard InChI is InChI=1S/C13H18INO4/c1-3-8-13(18-9-17-2,19-12(15)16)10-6-4-5-7-11(10)14/h4-7H,3,8-9H2,1-2H3,(H2,15,16)/t13-/m0/s1. The van der Waals surface area contributed by atoms with Gasteiger partial charge in [0.05, 0.1) is 0 Å². The van der Waals surface area contributed by atoms with Crippen LogP contribution >= 0.6 is 22.6 Å². The van der Waals surface area contributed by atoms with Gasteiger partial charge in [-0.1, -0.05) is 25.1 Å². The van der Waals surface area contributed by atoms with Crippen molar-refractivity contribution in [1.29, 1.82) is 0 Å². The number of ether oxygens (including phenoxy) is 3. The molecule has 0 bridgehead atoms. The van der Waals surface area contributed by atoms with Crippen LogP contribution in [-0.4, -0.2) is 20.0 Å². The molecule has 1 rings (SSSR count). The van der Waals surface area contributed by atoms with Crippen molar-refractivity contribution in [3.63, 3.8) is 0 Å². The average Bonchev–Trinajstić information content (AvgIpc) is 2.36. The lowest BCUT2D eigenvalue weighted by Crippen LogP contribution is -2.38. The van der Waals surface area contributed by atoms with Crippen LogP contribution in [0, 0.1) is 3.57 Å². The van der Waals surface area contributed by atoms with Crippen molar-refractivity contribution >= 4 is 28.7 Å². The maximum absolute atomic E-state index is 11.2. The van der Waals surface area contributed by atoms with Crippen LogP contribution in [0.15, 0.2) is 24.3 Å². The van der Waals surface area contributed by atoms with Crippen LogP contribution in [0.4, 0.5) is 4.79 Å². The van der Waals surface area contributed by atoms with Crippen molar-refractivity contribution in [2.24, 2.45) is 5.73 Å². The first-order valence-corrected chi connectivity index (χ1v) is 7.00. The number of rotatable bonds is 7. The van der Waals surface area contributed by atoms with Crippen LogP contribution in [0.3, 0.4) is 0 Å². The van der Waals surface area contributed by atoms with Crippen molar-refractivity contribution in [1.82, 2.24) is 0 Å². The molecule has 0 heterocycles. The van der Waals surface area contributed by atoms with E-state index in [-0.39, 0.29) is 6.79 Å². The fraction of sp³-hybridized carbons (Fsp3) is 0.462. The smallest absolute Gasteiger partial charge is 0.407 e. The number of benzene rings is 1. The predicted molar refractivity (Wildman–Crippen MR) is 79.4 cm³/mol. The van der Waals surface area contributed by atoms with Gasteiger partial charge in [-0.3, -0.25) is 0 Å². The normalized spacial score (nSPS) is 13.8. The molecule has 0 aromatic heterocycles. The number of methoxy groups -OCH3 is 1. The monoisotopic (exact) mass is 379 g/mol. The first kappa shape index (κ1) is 16.2. The van der Waals surface area contributed by atoms with Crippen LogP contribution in [0.2, 0.25) is 0 Å². The predicted octanol–water partition coefficient (Wildman–Crippen LogP) is 2.96. The second-order valence-electron chi connectivity index (χ2n) is 3.95. The van der Waals surface area contributed by atoms with E-state index in [4.69, 9.17) is 19.9 Å². The van der Waals surface area contributed by atoms with E-state index in [1.165, 1.54) is 7.11 Å². The molecule has 0 saturated heterocycles. The summed E-state index contributed by atoms with van der Waals surface area (Å²) in [5.74, 6) is -1.20. The van der Waals surface area contributed by atoms with Crippen LogP contribution in [-0.2, 0) is 20.0 Å². The SMILES string of the molecule is CCC[C@](OCOC)(OC(N)=O)c1ccccc1I. The molecule has 1 aromatic carbocycles. The second-order valence-corrected chi connectivity index (χ2v) is 5.12. The Morgan fingerprint density at radius 2 is 2.11 bits per heavy atom. The Morgan fingerprint density at radius 1 is 1.42 bits per heavy atom. The maximum atomic E-state index is 11.2. The minimum absolute atomic E-state index is 0.0122. The molecular formula is C13H18INO4. The van der Waals surface area contributed by atoms with Crippen LogP contribution in [0.5, 0.6) is 0 Å². The fourth-order valence-corrected chi connectivity index (χ4v) is 2.63. The summed E-state index contributed by atoms with van der Waals surface area (Å²) in [6.07, 6.45) is 0.394. The Kier molecular flexibility index (Phi) is 6.53. The van der Waals surface area contributed by atoms with Crippen molar-refractivity contribution in [2.75, 3.05) is 13.9 Å². The van der Waals surface area contributed by atoms with E-state index in [9.17, 15) is 4.79 Å². The first-order valence-electron chi connectivity index (χ1n) is 5.92. The van der Waals surface area contributed by atoms with Crippen molar-refractivity contribution in [2.45, 2.75) is 25.6 Å². The van der Waals surface area contributed by atoms with Gasteiger partial charge in [-0.15, -0.1) is 0 Å². The van der Waals surface area contributed by atoms with E-state index in [1.807, 2.05) is 31.2 Å². The van der Waals surface area contributed by atoms with E-state index in [0.29, 0.717) is 6.42 Å². The molecule has 19 heavy (non-hydrogen) atoms. The number of halogens is 1. The third-order valence-corrected chi connectivity index (χ3v) is 3.48. The number of carbonyl (C=O) groups is 1. The maximum Gasteiger partial charge on any atom is 0.407 e. The highest BCUT2D eigenvalue weighted by atomic mass is 127. The lowest BCUT2D eigenvalue weighted by Gasteiger charge is -2.33. The Balaban J connectivity index is 3.20. The third-order valence-electron chi connectivity index (χ3n) is 2.54. The summed E-state index contributed by atoms with van der Waals surface area (Å²) in [7, 11) is 1.51. The third kappa shape index (κ3) is 4.32. The first-order chi connectivity index (χ1) is 9.05. The molecule has 5 nitrogen and oxygen atoms in total. The lowest BCUT2D eigenvalue weighted by molar-refractivity contribution is -0.252. The number of hydrogen-bond acceptors (Lipinski definition) is 4. The largest absolute Gasteiger partial charge is 0.412 e. The fourth-order valence-electron chi connectivity index (χ4n) is 1.84. The van der Waals surface area contributed by atoms with Gasteiger partial charge in [0.1, 0.15) is 0 Å². The van der Waals surface area contributed by atoms with E-state index >= 15 is 0 Å². The minimum atomic E-state index is -1.20. The lowest BCUT2D eigenvalue weighted by atomic mass is 10.0. The zero-order chi connectivity index (χ0) is 14.3. The molecule has 0 aliphatic carbocycles. The topological polar surface area (TPSA) is 70.8 Å². The van der Waals surface area contributed by atoms with Crippen LogP contribution in [0.1, 0.15) is 25.3 Å². The van der Waals surface area contributed by atoms with E-state index in [1.54, 1.807) is 0 Å². The van der Waals surface area contributed by atoms with Gasteiger partial charge in [-0.25, -0.2) is 4.79 Å². The van der Waals surface area contributed by atoms with Gasteiger partial charge in [-0.05, 0) is 35.1 Å². The zero-order valence-electron chi connectivity index (χ0n) is 11.0. The summed E-state index contributed by atoms with van der Waals surface area (Å²) in [6, 6.07) is 7.54. The number of hydrogen-bond donors (Lipinski definition) is 1. The van der Waals surface area contributed by atoms with Gasteiger partial charge in [-0.2, -0.15) is 0 Å². The summed E-state index contributed by atoms with van der Waals surface area (Å²) < 4.78 is 16.8. The highest BCUT2D eigenvalue weighted by Crippen LogP contribution is 2.35. The summed E-state index contributed by atoms with van der Waals surface area (Å²) in [5.41, 5.74) is 5.96. The van der Waals surface area contributed by atoms with Gasteiger partial charge >= 0.3 is 6.09 Å². The molecule has 0 radical (unpaired) electrons. The van der Waals surface area contributed by atoms with Gasteiger partial charge in [0.2, 0.25) is 5.79 Å². The highest BCUT2D eigenvalue weighted by molar-refractivity contribution is 14.1. The molecule has 0 spiro atoms. The zero-order valence-corrected chi connectivity index (χ0v) is 13.2. The molecule has 2 N–H and O–H groups in total. The number of amides is 1. The van der Waals surface area contributed by atoms with Crippen molar-refractivity contribution in [3.05, 3.63) is 33.4 Å². The number of primary amides is 1. The average molecular weight is 379 g/mol. The molecule has 1 amide bonds. The van der Waals surface area contributed by atoms with E-state index in [0.717, 1.165) is 15.6 Å². The molecule has 0 saturated carbocycles. The Labute approximate surface area is 126 Å². The molecule has 1 aromatic rings.